The lowest BCUT2D eigenvalue weighted by Gasteiger charge is -2.13. The fraction of sp³-hybridized carbons (Fsp3) is 0.273. The second kappa shape index (κ2) is 9.82. The first-order chi connectivity index (χ1) is 15.3. The quantitative estimate of drug-likeness (QED) is 0.376. The van der Waals surface area contributed by atoms with Gasteiger partial charge in [0.05, 0.1) is 20.3 Å². The lowest BCUT2D eigenvalue weighted by Crippen LogP contribution is -2.30. The Morgan fingerprint density at radius 2 is 1.88 bits per heavy atom. The van der Waals surface area contributed by atoms with Crippen LogP contribution in [0.3, 0.4) is 0 Å². The average Bonchev–Trinajstić information content (AvgIpc) is 3.35. The summed E-state index contributed by atoms with van der Waals surface area (Å²) >= 11 is 0. The third kappa shape index (κ3) is 5.15. The van der Waals surface area contributed by atoms with Gasteiger partial charge in [0.2, 0.25) is 5.76 Å². The summed E-state index contributed by atoms with van der Waals surface area (Å²) in [6.07, 6.45) is 0.755. The first-order valence-electron chi connectivity index (χ1n) is 9.77. The normalized spacial score (nSPS) is 15.5. The molecular formula is C22H22N2O8. The molecule has 1 aliphatic rings. The number of nitrogens with one attached hydrogen (secondary N) is 1. The molecule has 1 atom stereocenters. The molecule has 1 unspecified atom stereocenters. The summed E-state index contributed by atoms with van der Waals surface area (Å²) in [5.74, 6) is -0.971. The summed E-state index contributed by atoms with van der Waals surface area (Å²) in [4.78, 5) is 49.0. The molecular weight excluding hydrogens is 420 g/mol. The Morgan fingerprint density at radius 1 is 1.16 bits per heavy atom. The Labute approximate surface area is 183 Å². The summed E-state index contributed by atoms with van der Waals surface area (Å²) in [6.45, 7) is 3.42. The first kappa shape index (κ1) is 22.6. The number of amides is 3. The molecule has 0 spiro atoms. The number of carbonyl (C=O) groups is 4. The van der Waals surface area contributed by atoms with Crippen molar-refractivity contribution in [1.29, 1.82) is 0 Å². The van der Waals surface area contributed by atoms with Gasteiger partial charge in [-0.05, 0) is 49.8 Å². The van der Waals surface area contributed by atoms with Crippen LogP contribution in [0.2, 0.25) is 0 Å². The van der Waals surface area contributed by atoms with Crippen LogP contribution >= 0.6 is 0 Å². The van der Waals surface area contributed by atoms with Crippen molar-refractivity contribution in [2.75, 3.05) is 13.7 Å². The van der Waals surface area contributed by atoms with E-state index in [-0.39, 0.29) is 30.4 Å². The maximum absolute atomic E-state index is 12.6. The van der Waals surface area contributed by atoms with Gasteiger partial charge in [0.25, 0.3) is 5.91 Å². The number of urea groups is 1. The molecule has 0 saturated carbocycles. The predicted molar refractivity (Wildman–Crippen MR) is 110 cm³/mol. The molecule has 32 heavy (non-hydrogen) atoms. The maximum Gasteiger partial charge on any atom is 0.373 e. The van der Waals surface area contributed by atoms with E-state index in [1.807, 2.05) is 0 Å². The Balaban J connectivity index is 1.65. The number of imide groups is 1. The zero-order chi connectivity index (χ0) is 23.3. The SMILES string of the molecule is CCOC(=O)C(C)Oc1ccc(C=C2NC(=O)N(Cc3ccc(C(=O)OC)o3)C2=O)cc1. The van der Waals surface area contributed by atoms with Crippen LogP contribution in [0.5, 0.6) is 5.75 Å². The number of methoxy groups -OCH3 is 1. The molecule has 10 nitrogen and oxygen atoms in total. The molecule has 1 fully saturated rings. The van der Waals surface area contributed by atoms with Gasteiger partial charge in [-0.2, -0.15) is 0 Å². The van der Waals surface area contributed by atoms with E-state index in [1.165, 1.54) is 25.3 Å². The fourth-order valence-corrected chi connectivity index (χ4v) is 2.87. The van der Waals surface area contributed by atoms with Crippen molar-refractivity contribution in [2.45, 2.75) is 26.5 Å². The lowest BCUT2D eigenvalue weighted by atomic mass is 10.2. The molecule has 0 radical (unpaired) electrons. The van der Waals surface area contributed by atoms with Crippen LogP contribution < -0.4 is 10.1 Å². The molecule has 0 bridgehead atoms. The molecule has 2 aromatic rings. The third-order valence-electron chi connectivity index (χ3n) is 4.45. The van der Waals surface area contributed by atoms with Crippen molar-refractivity contribution >= 4 is 30.0 Å². The molecule has 1 aromatic heterocycles. The van der Waals surface area contributed by atoms with E-state index in [1.54, 1.807) is 38.1 Å². The van der Waals surface area contributed by atoms with E-state index in [2.05, 4.69) is 10.1 Å². The van der Waals surface area contributed by atoms with E-state index in [0.717, 1.165) is 4.90 Å². The summed E-state index contributed by atoms with van der Waals surface area (Å²) in [5.41, 5.74) is 0.723. The number of furan rings is 1. The zero-order valence-electron chi connectivity index (χ0n) is 17.7. The first-order valence-corrected chi connectivity index (χ1v) is 9.77. The second-order valence-corrected chi connectivity index (χ2v) is 6.72. The Kier molecular flexibility index (Phi) is 6.93. The fourth-order valence-electron chi connectivity index (χ4n) is 2.87. The van der Waals surface area contributed by atoms with Gasteiger partial charge in [-0.15, -0.1) is 0 Å². The van der Waals surface area contributed by atoms with Crippen LogP contribution in [-0.2, 0) is 25.6 Å². The van der Waals surface area contributed by atoms with Crippen LogP contribution in [0.1, 0.15) is 35.7 Å². The molecule has 168 valence electrons. The van der Waals surface area contributed by atoms with E-state index >= 15 is 0 Å². The molecule has 1 aromatic carbocycles. The number of nitrogens with zero attached hydrogens (tertiary/aromatic N) is 1. The van der Waals surface area contributed by atoms with Gasteiger partial charge in [-0.1, -0.05) is 12.1 Å². The summed E-state index contributed by atoms with van der Waals surface area (Å²) in [7, 11) is 1.22. The van der Waals surface area contributed by atoms with Crippen LogP contribution in [0, 0.1) is 0 Å². The number of hydrogen-bond donors (Lipinski definition) is 1. The van der Waals surface area contributed by atoms with Crippen LogP contribution in [0.25, 0.3) is 6.08 Å². The summed E-state index contributed by atoms with van der Waals surface area (Å²) in [6, 6.07) is 8.92. The minimum absolute atomic E-state index is 0.0232. The number of hydrogen-bond acceptors (Lipinski definition) is 8. The van der Waals surface area contributed by atoms with Gasteiger partial charge in [0.15, 0.2) is 6.10 Å². The molecule has 3 amide bonds. The van der Waals surface area contributed by atoms with Gasteiger partial charge in [0, 0.05) is 0 Å². The zero-order valence-corrected chi connectivity index (χ0v) is 17.7. The highest BCUT2D eigenvalue weighted by Gasteiger charge is 2.34. The molecule has 3 rings (SSSR count). The van der Waals surface area contributed by atoms with Crippen molar-refractivity contribution in [2.24, 2.45) is 0 Å². The van der Waals surface area contributed by atoms with E-state index in [0.29, 0.717) is 11.3 Å². The van der Waals surface area contributed by atoms with Crippen molar-refractivity contribution in [1.82, 2.24) is 10.2 Å². The highest BCUT2D eigenvalue weighted by atomic mass is 16.6. The minimum Gasteiger partial charge on any atom is -0.479 e. The van der Waals surface area contributed by atoms with E-state index in [9.17, 15) is 19.2 Å². The number of benzene rings is 1. The number of rotatable bonds is 8. The standard InChI is InChI=1S/C22H22N2O8/c1-4-30-20(26)13(2)31-15-7-5-14(6-8-15)11-17-19(25)24(22(28)23-17)12-16-9-10-18(32-16)21(27)29-3/h5-11,13H,4,12H2,1-3H3,(H,23,28). The molecule has 1 N–H and O–H groups in total. The molecule has 1 aliphatic heterocycles. The highest BCUT2D eigenvalue weighted by molar-refractivity contribution is 6.13. The monoisotopic (exact) mass is 442 g/mol. The van der Waals surface area contributed by atoms with Gasteiger partial charge in [0.1, 0.15) is 17.2 Å². The Morgan fingerprint density at radius 3 is 2.53 bits per heavy atom. The van der Waals surface area contributed by atoms with Crippen molar-refractivity contribution in [3.63, 3.8) is 0 Å². The second-order valence-electron chi connectivity index (χ2n) is 6.72. The molecule has 2 heterocycles. The van der Waals surface area contributed by atoms with Gasteiger partial charge >= 0.3 is 18.0 Å². The van der Waals surface area contributed by atoms with Gasteiger partial charge in [-0.3, -0.25) is 9.69 Å². The summed E-state index contributed by atoms with van der Waals surface area (Å²) < 4.78 is 20.3. The molecule has 0 aliphatic carbocycles. The lowest BCUT2D eigenvalue weighted by molar-refractivity contribution is -0.150. The van der Waals surface area contributed by atoms with Crippen molar-refractivity contribution in [3.05, 3.63) is 59.2 Å². The van der Waals surface area contributed by atoms with Crippen LogP contribution in [-0.4, -0.2) is 48.6 Å². The Bertz CT molecular complexity index is 1050. The van der Waals surface area contributed by atoms with E-state index < -0.39 is 30.0 Å². The van der Waals surface area contributed by atoms with Gasteiger partial charge in [-0.25, -0.2) is 14.4 Å². The summed E-state index contributed by atoms with van der Waals surface area (Å²) in [5, 5.41) is 2.51. The van der Waals surface area contributed by atoms with E-state index in [4.69, 9.17) is 13.9 Å². The highest BCUT2D eigenvalue weighted by Crippen LogP contribution is 2.20. The minimum atomic E-state index is -0.760. The largest absolute Gasteiger partial charge is 0.479 e. The van der Waals surface area contributed by atoms with Crippen LogP contribution in [0.4, 0.5) is 4.79 Å². The number of carbonyl (C=O) groups excluding carboxylic acids is 4. The molecule has 1 saturated heterocycles. The van der Waals surface area contributed by atoms with Crippen molar-refractivity contribution < 1.29 is 37.8 Å². The van der Waals surface area contributed by atoms with Crippen molar-refractivity contribution in [3.8, 4) is 5.75 Å². The average molecular weight is 442 g/mol. The van der Waals surface area contributed by atoms with Crippen LogP contribution in [0.15, 0.2) is 46.5 Å². The number of ether oxygens (including phenoxy) is 3. The third-order valence-corrected chi connectivity index (χ3v) is 4.45. The topological polar surface area (TPSA) is 124 Å². The molecule has 10 heteroatoms. The maximum atomic E-state index is 12.6. The Hall–Kier alpha value is -4.08. The van der Waals surface area contributed by atoms with Gasteiger partial charge < -0.3 is 23.9 Å². The predicted octanol–water partition coefficient (Wildman–Crippen LogP) is 2.49. The smallest absolute Gasteiger partial charge is 0.373 e. The number of esters is 2.